The standard InChI is InChI=1S/C26H33N3O3/c1-26(2,3)32-25(31)27-21-14-13-20-12-11-19-9-5-6-10-22(19)29(23(20)17-21)24(30)18-28-15-7-4-8-16-28/h5-6,9-10,13-14,17H,4,7-8,11-12,15-16,18H2,1-3H3,(H,27,31). The van der Waals surface area contributed by atoms with Gasteiger partial charge in [-0.15, -0.1) is 0 Å². The average molecular weight is 436 g/mol. The molecule has 0 aliphatic carbocycles. The molecular weight excluding hydrogens is 402 g/mol. The van der Waals surface area contributed by atoms with Gasteiger partial charge in [0.05, 0.1) is 17.9 Å². The van der Waals surface area contributed by atoms with Gasteiger partial charge in [-0.3, -0.25) is 19.9 Å². The van der Waals surface area contributed by atoms with Gasteiger partial charge in [-0.1, -0.05) is 30.7 Å². The summed E-state index contributed by atoms with van der Waals surface area (Å²) in [4.78, 5) is 30.1. The Morgan fingerprint density at radius 2 is 1.62 bits per heavy atom. The molecule has 170 valence electrons. The second kappa shape index (κ2) is 9.33. The van der Waals surface area contributed by atoms with E-state index in [1.807, 2.05) is 62.1 Å². The number of piperidine rings is 1. The van der Waals surface area contributed by atoms with Crippen LogP contribution >= 0.6 is 0 Å². The fraction of sp³-hybridized carbons (Fsp3) is 0.462. The van der Waals surface area contributed by atoms with Gasteiger partial charge in [-0.25, -0.2) is 4.79 Å². The van der Waals surface area contributed by atoms with Crippen molar-refractivity contribution in [3.8, 4) is 0 Å². The first-order chi connectivity index (χ1) is 15.3. The lowest BCUT2D eigenvalue weighted by Gasteiger charge is -2.31. The number of amides is 2. The average Bonchev–Trinajstić information content (AvgIpc) is 2.89. The number of nitrogens with zero attached hydrogens (tertiary/aromatic N) is 2. The van der Waals surface area contributed by atoms with Crippen LogP contribution in [0.4, 0.5) is 21.9 Å². The Kier molecular flexibility index (Phi) is 6.51. The van der Waals surface area contributed by atoms with Crippen molar-refractivity contribution in [2.45, 2.75) is 58.5 Å². The second-order valence-electron chi connectivity index (χ2n) is 9.67. The van der Waals surface area contributed by atoms with E-state index in [9.17, 15) is 9.59 Å². The minimum atomic E-state index is -0.578. The molecule has 0 aromatic heterocycles. The SMILES string of the molecule is CC(C)(C)OC(=O)Nc1ccc2c(c1)N(C(=O)CN1CCCCC1)c1ccccc1CC2. The van der Waals surface area contributed by atoms with E-state index < -0.39 is 11.7 Å². The van der Waals surface area contributed by atoms with Gasteiger partial charge >= 0.3 is 6.09 Å². The first-order valence-electron chi connectivity index (χ1n) is 11.6. The zero-order valence-corrected chi connectivity index (χ0v) is 19.3. The van der Waals surface area contributed by atoms with Gasteiger partial charge in [0.1, 0.15) is 5.60 Å². The maximum absolute atomic E-state index is 13.6. The molecule has 0 spiro atoms. The Hall–Kier alpha value is -2.86. The summed E-state index contributed by atoms with van der Waals surface area (Å²) in [5.41, 5.74) is 4.08. The summed E-state index contributed by atoms with van der Waals surface area (Å²) >= 11 is 0. The van der Waals surface area contributed by atoms with Gasteiger partial charge < -0.3 is 4.74 Å². The van der Waals surface area contributed by atoms with Crippen LogP contribution in [0, 0.1) is 0 Å². The number of nitrogens with one attached hydrogen (secondary N) is 1. The third kappa shape index (κ3) is 5.30. The van der Waals surface area contributed by atoms with Crippen molar-refractivity contribution < 1.29 is 14.3 Å². The summed E-state index contributed by atoms with van der Waals surface area (Å²) in [6.45, 7) is 7.84. The summed E-state index contributed by atoms with van der Waals surface area (Å²) in [6.07, 6.45) is 4.73. The number of rotatable bonds is 3. The quantitative estimate of drug-likeness (QED) is 0.712. The van der Waals surface area contributed by atoms with Gasteiger partial charge in [0.25, 0.3) is 0 Å². The van der Waals surface area contributed by atoms with Crippen LogP contribution in [0.25, 0.3) is 0 Å². The molecular formula is C26H33N3O3. The molecule has 2 aromatic carbocycles. The molecule has 0 radical (unpaired) electrons. The van der Waals surface area contributed by atoms with Crippen LogP contribution in [0.5, 0.6) is 0 Å². The largest absolute Gasteiger partial charge is 0.444 e. The molecule has 1 fully saturated rings. The van der Waals surface area contributed by atoms with E-state index in [1.54, 1.807) is 0 Å². The summed E-state index contributed by atoms with van der Waals surface area (Å²) in [5, 5.41) is 2.82. The van der Waals surface area contributed by atoms with Gasteiger partial charge in [0.15, 0.2) is 0 Å². The predicted octanol–water partition coefficient (Wildman–Crippen LogP) is 5.28. The fourth-order valence-corrected chi connectivity index (χ4v) is 4.47. The molecule has 2 heterocycles. The first-order valence-corrected chi connectivity index (χ1v) is 11.6. The number of likely N-dealkylation sites (tertiary alicyclic amines) is 1. The van der Waals surface area contributed by atoms with Crippen molar-refractivity contribution >= 4 is 29.1 Å². The molecule has 6 nitrogen and oxygen atoms in total. The van der Waals surface area contributed by atoms with Gasteiger partial charge in [0, 0.05) is 5.69 Å². The molecule has 0 bridgehead atoms. The Morgan fingerprint density at radius 3 is 2.34 bits per heavy atom. The van der Waals surface area contributed by atoms with Gasteiger partial charge in [-0.2, -0.15) is 0 Å². The van der Waals surface area contributed by atoms with Gasteiger partial charge in [0.2, 0.25) is 5.91 Å². The number of carbonyl (C=O) groups excluding carboxylic acids is 2. The smallest absolute Gasteiger partial charge is 0.412 e. The maximum atomic E-state index is 13.6. The monoisotopic (exact) mass is 435 g/mol. The molecule has 0 unspecified atom stereocenters. The fourth-order valence-electron chi connectivity index (χ4n) is 4.47. The number of para-hydroxylation sites is 1. The highest BCUT2D eigenvalue weighted by atomic mass is 16.6. The topological polar surface area (TPSA) is 61.9 Å². The molecule has 0 saturated carbocycles. The van der Waals surface area contributed by atoms with Crippen molar-refractivity contribution in [3.05, 3.63) is 53.6 Å². The Bertz CT molecular complexity index is 990. The number of aryl methyl sites for hydroxylation is 2. The van der Waals surface area contributed by atoms with Crippen LogP contribution in [0.3, 0.4) is 0 Å². The van der Waals surface area contributed by atoms with Crippen LogP contribution in [-0.4, -0.2) is 42.1 Å². The molecule has 2 aliphatic rings. The molecule has 2 aromatic rings. The Morgan fingerprint density at radius 1 is 0.938 bits per heavy atom. The third-order valence-electron chi connectivity index (χ3n) is 5.92. The Labute approximate surface area is 190 Å². The normalized spacial score (nSPS) is 16.5. The Balaban J connectivity index is 1.66. The van der Waals surface area contributed by atoms with E-state index in [4.69, 9.17) is 4.74 Å². The molecule has 2 aliphatic heterocycles. The lowest BCUT2D eigenvalue weighted by atomic mass is 10.0. The summed E-state index contributed by atoms with van der Waals surface area (Å²) < 4.78 is 5.40. The third-order valence-corrected chi connectivity index (χ3v) is 5.92. The summed E-state index contributed by atoms with van der Waals surface area (Å²) in [5.74, 6) is 0.0666. The minimum absolute atomic E-state index is 0.0666. The first kappa shape index (κ1) is 22.3. The van der Waals surface area contributed by atoms with Crippen molar-refractivity contribution in [1.29, 1.82) is 0 Å². The van der Waals surface area contributed by atoms with E-state index in [1.165, 1.54) is 6.42 Å². The molecule has 2 amide bonds. The van der Waals surface area contributed by atoms with E-state index in [2.05, 4.69) is 16.3 Å². The van der Waals surface area contributed by atoms with Crippen LogP contribution in [0.2, 0.25) is 0 Å². The molecule has 32 heavy (non-hydrogen) atoms. The van der Waals surface area contributed by atoms with Gasteiger partial charge in [-0.05, 0) is 88.9 Å². The molecule has 6 heteroatoms. The van der Waals surface area contributed by atoms with E-state index in [0.717, 1.165) is 61.3 Å². The molecule has 0 atom stereocenters. The molecule has 1 saturated heterocycles. The molecule has 1 N–H and O–H groups in total. The predicted molar refractivity (Wildman–Crippen MR) is 128 cm³/mol. The highest BCUT2D eigenvalue weighted by Crippen LogP contribution is 2.38. The number of hydrogen-bond acceptors (Lipinski definition) is 4. The van der Waals surface area contributed by atoms with Crippen molar-refractivity contribution in [3.63, 3.8) is 0 Å². The number of ether oxygens (including phenoxy) is 1. The number of fused-ring (bicyclic) bond motifs is 2. The summed E-state index contributed by atoms with van der Waals surface area (Å²) in [6, 6.07) is 13.9. The number of hydrogen-bond donors (Lipinski definition) is 1. The van der Waals surface area contributed by atoms with Crippen LogP contribution in [0.1, 0.15) is 51.2 Å². The van der Waals surface area contributed by atoms with Crippen LogP contribution < -0.4 is 10.2 Å². The lowest BCUT2D eigenvalue weighted by Crippen LogP contribution is -2.40. The van der Waals surface area contributed by atoms with Crippen molar-refractivity contribution in [1.82, 2.24) is 4.90 Å². The number of carbonyl (C=O) groups is 2. The van der Waals surface area contributed by atoms with E-state index >= 15 is 0 Å². The number of benzene rings is 2. The van der Waals surface area contributed by atoms with E-state index in [-0.39, 0.29) is 5.91 Å². The zero-order valence-electron chi connectivity index (χ0n) is 19.3. The van der Waals surface area contributed by atoms with Crippen molar-refractivity contribution in [2.24, 2.45) is 0 Å². The lowest BCUT2D eigenvalue weighted by molar-refractivity contribution is -0.119. The van der Waals surface area contributed by atoms with Crippen molar-refractivity contribution in [2.75, 3.05) is 29.9 Å². The minimum Gasteiger partial charge on any atom is -0.444 e. The van der Waals surface area contributed by atoms with E-state index in [0.29, 0.717) is 12.2 Å². The summed E-state index contributed by atoms with van der Waals surface area (Å²) in [7, 11) is 0. The zero-order chi connectivity index (χ0) is 22.7. The second-order valence-corrected chi connectivity index (χ2v) is 9.67. The van der Waals surface area contributed by atoms with Crippen LogP contribution in [-0.2, 0) is 22.4 Å². The highest BCUT2D eigenvalue weighted by molar-refractivity contribution is 6.04. The number of anilines is 3. The maximum Gasteiger partial charge on any atom is 0.412 e. The van der Waals surface area contributed by atoms with Crippen LogP contribution in [0.15, 0.2) is 42.5 Å². The highest BCUT2D eigenvalue weighted by Gasteiger charge is 2.28. The molecule has 4 rings (SSSR count).